The van der Waals surface area contributed by atoms with Gasteiger partial charge in [-0.2, -0.15) is 0 Å². The second kappa shape index (κ2) is 9.50. The molecule has 1 aromatic rings. The van der Waals surface area contributed by atoms with E-state index < -0.39 is 5.97 Å². The minimum Gasteiger partial charge on any atom is -0.478 e. The number of carboxylic acids is 1. The standard InChI is InChI=1S/C9H19NO.C7H6O2/c1-9-5-2-3-6-10(9)7-4-8-11;8-7(9)6-4-2-1-3-5-6/h9,11H,2-8H2,1H3;1-5H,(H,8,9). The molecule has 112 valence electrons. The van der Waals surface area contributed by atoms with Gasteiger partial charge in [0.15, 0.2) is 0 Å². The van der Waals surface area contributed by atoms with Crippen molar-refractivity contribution in [1.29, 1.82) is 0 Å². The Morgan fingerprint density at radius 2 is 2.00 bits per heavy atom. The molecule has 0 amide bonds. The molecular weight excluding hydrogens is 254 g/mol. The van der Waals surface area contributed by atoms with Crippen molar-refractivity contribution < 1.29 is 15.0 Å². The van der Waals surface area contributed by atoms with E-state index >= 15 is 0 Å². The molecule has 0 radical (unpaired) electrons. The summed E-state index contributed by atoms with van der Waals surface area (Å²) in [6.07, 6.45) is 5.00. The Bertz CT molecular complexity index is 381. The molecule has 1 atom stereocenters. The number of carboxylic acid groups (broad SMARTS) is 1. The van der Waals surface area contributed by atoms with Crippen LogP contribution >= 0.6 is 0 Å². The average Bonchev–Trinajstić information content (AvgIpc) is 2.48. The van der Waals surface area contributed by atoms with Gasteiger partial charge in [0.05, 0.1) is 5.56 Å². The minimum absolute atomic E-state index is 0.331. The van der Waals surface area contributed by atoms with Gasteiger partial charge in [0, 0.05) is 19.2 Å². The molecule has 0 saturated carbocycles. The Kier molecular flexibility index (Phi) is 7.92. The Morgan fingerprint density at radius 1 is 1.30 bits per heavy atom. The second-order valence-corrected chi connectivity index (χ2v) is 5.13. The summed E-state index contributed by atoms with van der Waals surface area (Å²) in [6.45, 7) is 4.94. The number of hydrogen-bond donors (Lipinski definition) is 2. The summed E-state index contributed by atoms with van der Waals surface area (Å²) >= 11 is 0. The molecule has 1 aliphatic rings. The number of piperidine rings is 1. The topological polar surface area (TPSA) is 60.8 Å². The third-order valence-electron chi connectivity index (χ3n) is 3.56. The summed E-state index contributed by atoms with van der Waals surface area (Å²) in [6, 6.07) is 9.04. The minimum atomic E-state index is -0.879. The highest BCUT2D eigenvalue weighted by atomic mass is 16.4. The predicted octanol–water partition coefficient (Wildman–Crippen LogP) is 2.63. The van der Waals surface area contributed by atoms with Crippen LogP contribution < -0.4 is 0 Å². The van der Waals surface area contributed by atoms with Crippen molar-refractivity contribution in [2.45, 2.75) is 38.6 Å². The van der Waals surface area contributed by atoms with E-state index in [4.69, 9.17) is 10.2 Å². The van der Waals surface area contributed by atoms with E-state index in [-0.39, 0.29) is 0 Å². The molecule has 1 fully saturated rings. The van der Waals surface area contributed by atoms with E-state index in [1.54, 1.807) is 30.3 Å². The zero-order valence-electron chi connectivity index (χ0n) is 12.2. The predicted molar refractivity (Wildman–Crippen MR) is 80.0 cm³/mol. The summed E-state index contributed by atoms with van der Waals surface area (Å²) in [5, 5.41) is 17.0. The number of aliphatic hydroxyl groups excluding tert-OH is 1. The maximum absolute atomic E-state index is 10.2. The summed E-state index contributed by atoms with van der Waals surface area (Å²) in [7, 11) is 0. The molecule has 1 aliphatic heterocycles. The lowest BCUT2D eigenvalue weighted by Gasteiger charge is -2.33. The molecular formula is C16H25NO3. The van der Waals surface area contributed by atoms with Gasteiger partial charge in [0.25, 0.3) is 0 Å². The molecule has 1 unspecified atom stereocenters. The van der Waals surface area contributed by atoms with Crippen molar-refractivity contribution >= 4 is 5.97 Å². The SMILES string of the molecule is CC1CCCCN1CCCO.O=C(O)c1ccccc1. The molecule has 0 spiro atoms. The van der Waals surface area contributed by atoms with Crippen molar-refractivity contribution in [2.75, 3.05) is 19.7 Å². The molecule has 2 rings (SSSR count). The lowest BCUT2D eigenvalue weighted by atomic mass is 10.0. The maximum atomic E-state index is 10.2. The van der Waals surface area contributed by atoms with Crippen LogP contribution in [0.15, 0.2) is 30.3 Å². The lowest BCUT2D eigenvalue weighted by molar-refractivity contribution is 0.0697. The van der Waals surface area contributed by atoms with Crippen LogP contribution in [0, 0.1) is 0 Å². The number of benzene rings is 1. The largest absolute Gasteiger partial charge is 0.478 e. The molecule has 0 aromatic heterocycles. The first-order valence-electron chi connectivity index (χ1n) is 7.28. The van der Waals surface area contributed by atoms with Gasteiger partial charge in [-0.25, -0.2) is 4.79 Å². The van der Waals surface area contributed by atoms with Crippen molar-refractivity contribution in [2.24, 2.45) is 0 Å². The van der Waals surface area contributed by atoms with Gasteiger partial charge in [0.1, 0.15) is 0 Å². The zero-order valence-corrected chi connectivity index (χ0v) is 12.2. The summed E-state index contributed by atoms with van der Waals surface area (Å²) in [5.74, 6) is -0.879. The van der Waals surface area contributed by atoms with Gasteiger partial charge < -0.3 is 15.1 Å². The van der Waals surface area contributed by atoms with Crippen molar-refractivity contribution in [1.82, 2.24) is 4.90 Å². The number of hydrogen-bond acceptors (Lipinski definition) is 3. The summed E-state index contributed by atoms with van der Waals surface area (Å²) < 4.78 is 0. The lowest BCUT2D eigenvalue weighted by Crippen LogP contribution is -2.38. The van der Waals surface area contributed by atoms with E-state index in [1.165, 1.54) is 25.8 Å². The van der Waals surface area contributed by atoms with E-state index in [0.29, 0.717) is 12.2 Å². The van der Waals surface area contributed by atoms with Crippen LogP contribution in [0.1, 0.15) is 43.0 Å². The fourth-order valence-corrected chi connectivity index (χ4v) is 2.34. The zero-order chi connectivity index (χ0) is 14.8. The van der Waals surface area contributed by atoms with E-state index in [9.17, 15) is 4.79 Å². The van der Waals surface area contributed by atoms with Gasteiger partial charge in [0.2, 0.25) is 0 Å². The van der Waals surface area contributed by atoms with Gasteiger partial charge in [-0.15, -0.1) is 0 Å². The van der Waals surface area contributed by atoms with E-state index in [2.05, 4.69) is 11.8 Å². The highest BCUT2D eigenvalue weighted by molar-refractivity contribution is 5.87. The third kappa shape index (κ3) is 6.17. The van der Waals surface area contributed by atoms with E-state index in [0.717, 1.165) is 19.0 Å². The van der Waals surface area contributed by atoms with E-state index in [1.807, 2.05) is 0 Å². The molecule has 1 saturated heterocycles. The normalized spacial score (nSPS) is 19.0. The molecule has 1 heterocycles. The Balaban J connectivity index is 0.000000204. The van der Waals surface area contributed by atoms with Gasteiger partial charge in [-0.1, -0.05) is 24.6 Å². The first-order chi connectivity index (χ1) is 9.65. The highest BCUT2D eigenvalue weighted by Gasteiger charge is 2.16. The first kappa shape index (κ1) is 16.7. The smallest absolute Gasteiger partial charge is 0.335 e. The summed E-state index contributed by atoms with van der Waals surface area (Å²) in [5.41, 5.74) is 0.331. The van der Waals surface area contributed by atoms with Crippen molar-refractivity contribution in [3.8, 4) is 0 Å². The fourth-order valence-electron chi connectivity index (χ4n) is 2.34. The van der Waals surface area contributed by atoms with Gasteiger partial charge >= 0.3 is 5.97 Å². The highest BCUT2D eigenvalue weighted by Crippen LogP contribution is 2.15. The van der Waals surface area contributed by atoms with Crippen LogP contribution in [0.4, 0.5) is 0 Å². The quantitative estimate of drug-likeness (QED) is 0.889. The molecule has 4 nitrogen and oxygen atoms in total. The van der Waals surface area contributed by atoms with Crippen LogP contribution in [0.25, 0.3) is 0 Å². The Morgan fingerprint density at radius 3 is 2.50 bits per heavy atom. The van der Waals surface area contributed by atoms with Crippen LogP contribution in [0.3, 0.4) is 0 Å². The molecule has 4 heteroatoms. The van der Waals surface area contributed by atoms with Gasteiger partial charge in [-0.05, 0) is 44.9 Å². The Hall–Kier alpha value is -1.39. The number of carbonyl (C=O) groups is 1. The van der Waals surface area contributed by atoms with Crippen LogP contribution in [-0.4, -0.2) is 46.8 Å². The number of aromatic carboxylic acids is 1. The monoisotopic (exact) mass is 279 g/mol. The van der Waals surface area contributed by atoms with Crippen LogP contribution in [0.2, 0.25) is 0 Å². The van der Waals surface area contributed by atoms with Crippen molar-refractivity contribution in [3.63, 3.8) is 0 Å². The van der Waals surface area contributed by atoms with Crippen LogP contribution in [0.5, 0.6) is 0 Å². The van der Waals surface area contributed by atoms with Crippen molar-refractivity contribution in [3.05, 3.63) is 35.9 Å². The number of likely N-dealkylation sites (tertiary alicyclic amines) is 1. The fraction of sp³-hybridized carbons (Fsp3) is 0.562. The Labute approximate surface area is 121 Å². The van der Waals surface area contributed by atoms with Gasteiger partial charge in [-0.3, -0.25) is 0 Å². The second-order valence-electron chi connectivity index (χ2n) is 5.13. The third-order valence-corrected chi connectivity index (χ3v) is 3.56. The van der Waals surface area contributed by atoms with Crippen LogP contribution in [-0.2, 0) is 0 Å². The molecule has 0 bridgehead atoms. The first-order valence-corrected chi connectivity index (χ1v) is 7.28. The molecule has 2 N–H and O–H groups in total. The number of nitrogens with zero attached hydrogens (tertiary/aromatic N) is 1. The molecule has 1 aromatic carbocycles. The summed E-state index contributed by atoms with van der Waals surface area (Å²) in [4.78, 5) is 12.7. The average molecular weight is 279 g/mol. The molecule has 20 heavy (non-hydrogen) atoms. The molecule has 0 aliphatic carbocycles. The number of aliphatic hydroxyl groups is 1. The maximum Gasteiger partial charge on any atom is 0.335 e. The number of rotatable bonds is 4.